The van der Waals surface area contributed by atoms with Gasteiger partial charge in [-0.15, -0.1) is 0 Å². The van der Waals surface area contributed by atoms with Crippen LogP contribution in [-0.4, -0.2) is 51.9 Å². The van der Waals surface area contributed by atoms with E-state index in [2.05, 4.69) is 15.6 Å². The number of aliphatic hydroxyl groups is 1. The average molecular weight is 413 g/mol. The van der Waals surface area contributed by atoms with Crippen molar-refractivity contribution in [3.8, 4) is 0 Å². The molecule has 5 aliphatic carbocycles. The lowest BCUT2D eigenvalue weighted by atomic mass is 9.52. The van der Waals surface area contributed by atoms with E-state index in [0.29, 0.717) is 48.4 Å². The van der Waals surface area contributed by atoms with Crippen molar-refractivity contribution in [2.45, 2.75) is 81.4 Å². The fourth-order valence-electron chi connectivity index (χ4n) is 7.10. The topological polar surface area (TPSA) is 96.4 Å². The van der Waals surface area contributed by atoms with Crippen molar-refractivity contribution in [2.75, 3.05) is 18.5 Å². The van der Waals surface area contributed by atoms with E-state index in [1.807, 2.05) is 0 Å². The molecule has 3 N–H and O–H groups in total. The van der Waals surface area contributed by atoms with Crippen LogP contribution in [-0.2, 0) is 4.74 Å². The molecule has 2 heterocycles. The number of carbonyl (C=O) groups is 1. The van der Waals surface area contributed by atoms with E-state index in [9.17, 15) is 9.90 Å². The normalized spacial score (nSPS) is 37.9. The van der Waals surface area contributed by atoms with Gasteiger partial charge in [0.1, 0.15) is 0 Å². The van der Waals surface area contributed by atoms with Crippen LogP contribution in [0.15, 0.2) is 6.20 Å². The fraction of sp³-hybridized carbons (Fsp3) is 0.783. The number of hydrogen-bond donors (Lipinski definition) is 3. The van der Waals surface area contributed by atoms with Crippen LogP contribution in [0, 0.1) is 17.8 Å². The highest BCUT2D eigenvalue weighted by Gasteiger charge is 2.55. The standard InChI is InChI=1S/C23H32N4O3/c28-21(26-19-15-5-13-6-16(19)9-23(29,7-13)8-15)18-10-24-22(25-17-11-30-12-17)27-20(18)14-3-1-2-4-14/h10,13-17,19,29H,1-9,11-12H2,(H,26,28)(H,24,25,27). The molecule has 5 saturated carbocycles. The Morgan fingerprint density at radius 1 is 1.13 bits per heavy atom. The van der Waals surface area contributed by atoms with Gasteiger partial charge in [0.25, 0.3) is 5.91 Å². The van der Waals surface area contributed by atoms with Crippen LogP contribution >= 0.6 is 0 Å². The van der Waals surface area contributed by atoms with E-state index in [1.165, 1.54) is 12.8 Å². The first-order chi connectivity index (χ1) is 14.6. The van der Waals surface area contributed by atoms with Crippen molar-refractivity contribution >= 4 is 11.9 Å². The van der Waals surface area contributed by atoms with Gasteiger partial charge in [0, 0.05) is 18.2 Å². The number of amides is 1. The zero-order chi connectivity index (χ0) is 20.3. The number of nitrogens with one attached hydrogen (secondary N) is 2. The summed E-state index contributed by atoms with van der Waals surface area (Å²) in [6, 6.07) is 0.440. The van der Waals surface area contributed by atoms with Gasteiger partial charge in [-0.25, -0.2) is 9.97 Å². The Balaban J connectivity index is 1.23. The Hall–Kier alpha value is -1.73. The van der Waals surface area contributed by atoms with Crippen LogP contribution in [0.25, 0.3) is 0 Å². The SMILES string of the molecule is O=C(NC1C2CC3CC1CC(O)(C3)C2)c1cnc(NC2COC2)nc1C1CCCC1. The predicted molar refractivity (Wildman–Crippen MR) is 111 cm³/mol. The summed E-state index contributed by atoms with van der Waals surface area (Å²) in [4.78, 5) is 22.7. The molecule has 1 aliphatic heterocycles. The van der Waals surface area contributed by atoms with Crippen LogP contribution in [0.4, 0.5) is 5.95 Å². The summed E-state index contributed by atoms with van der Waals surface area (Å²) < 4.78 is 5.24. The van der Waals surface area contributed by atoms with Gasteiger partial charge in [0.05, 0.1) is 36.1 Å². The lowest BCUT2D eigenvalue weighted by Gasteiger charge is -2.58. The molecule has 7 rings (SSSR count). The van der Waals surface area contributed by atoms with Crippen LogP contribution in [0.3, 0.4) is 0 Å². The predicted octanol–water partition coefficient (Wildman–Crippen LogP) is 2.61. The monoisotopic (exact) mass is 412 g/mol. The molecule has 4 bridgehead atoms. The van der Waals surface area contributed by atoms with Crippen LogP contribution in [0.5, 0.6) is 0 Å². The molecule has 2 unspecified atom stereocenters. The average Bonchev–Trinajstić information content (AvgIpc) is 3.21. The number of hydrogen-bond acceptors (Lipinski definition) is 6. The molecule has 1 aromatic heterocycles. The van der Waals surface area contributed by atoms with Crippen molar-refractivity contribution < 1.29 is 14.6 Å². The molecule has 1 saturated heterocycles. The molecule has 30 heavy (non-hydrogen) atoms. The summed E-state index contributed by atoms with van der Waals surface area (Å²) in [6.45, 7) is 1.37. The molecule has 1 amide bonds. The second-order valence-electron chi connectivity index (χ2n) is 10.5. The second kappa shape index (κ2) is 7.16. The maximum absolute atomic E-state index is 13.4. The van der Waals surface area contributed by atoms with E-state index in [-0.39, 0.29) is 18.0 Å². The van der Waals surface area contributed by atoms with Crippen molar-refractivity contribution in [1.82, 2.24) is 15.3 Å². The van der Waals surface area contributed by atoms with Gasteiger partial charge in [0.2, 0.25) is 5.95 Å². The molecule has 0 radical (unpaired) electrons. The van der Waals surface area contributed by atoms with E-state index in [0.717, 1.165) is 50.6 Å². The molecular formula is C23H32N4O3. The molecule has 0 aromatic carbocycles. The maximum Gasteiger partial charge on any atom is 0.254 e. The number of ether oxygens (including phenoxy) is 1. The van der Waals surface area contributed by atoms with Gasteiger partial charge in [0.15, 0.2) is 0 Å². The number of carbonyl (C=O) groups excluding carboxylic acids is 1. The minimum atomic E-state index is -0.478. The van der Waals surface area contributed by atoms with Gasteiger partial charge in [-0.3, -0.25) is 4.79 Å². The second-order valence-corrected chi connectivity index (χ2v) is 10.5. The Bertz CT molecular complexity index is 820. The van der Waals surface area contributed by atoms with Gasteiger partial charge in [-0.2, -0.15) is 0 Å². The molecule has 162 valence electrons. The van der Waals surface area contributed by atoms with E-state index in [4.69, 9.17) is 9.72 Å². The molecule has 1 aromatic rings. The van der Waals surface area contributed by atoms with Crippen molar-refractivity contribution in [1.29, 1.82) is 0 Å². The molecule has 0 spiro atoms. The highest BCUT2D eigenvalue weighted by molar-refractivity contribution is 5.95. The smallest absolute Gasteiger partial charge is 0.254 e. The van der Waals surface area contributed by atoms with Gasteiger partial charge >= 0.3 is 0 Å². The Morgan fingerprint density at radius 2 is 1.87 bits per heavy atom. The Kier molecular flexibility index (Phi) is 4.53. The van der Waals surface area contributed by atoms with Gasteiger partial charge in [-0.05, 0) is 62.7 Å². The third-order valence-corrected chi connectivity index (χ3v) is 8.31. The maximum atomic E-state index is 13.4. The first-order valence-corrected chi connectivity index (χ1v) is 11.8. The van der Waals surface area contributed by atoms with E-state index >= 15 is 0 Å². The summed E-state index contributed by atoms with van der Waals surface area (Å²) in [5.41, 5.74) is 1.07. The molecule has 2 atom stereocenters. The lowest BCUT2D eigenvalue weighted by molar-refractivity contribution is -0.136. The Morgan fingerprint density at radius 3 is 2.50 bits per heavy atom. The van der Waals surface area contributed by atoms with Crippen LogP contribution in [0.2, 0.25) is 0 Å². The minimum absolute atomic E-state index is 0.0279. The number of nitrogens with zero attached hydrogens (tertiary/aromatic N) is 2. The zero-order valence-electron chi connectivity index (χ0n) is 17.5. The lowest BCUT2D eigenvalue weighted by Crippen LogP contribution is -2.61. The zero-order valence-corrected chi connectivity index (χ0v) is 17.5. The Labute approximate surface area is 177 Å². The highest BCUT2D eigenvalue weighted by Crippen LogP contribution is 2.55. The first-order valence-electron chi connectivity index (χ1n) is 11.8. The third-order valence-electron chi connectivity index (χ3n) is 8.31. The summed E-state index contributed by atoms with van der Waals surface area (Å²) in [7, 11) is 0. The van der Waals surface area contributed by atoms with Crippen molar-refractivity contribution in [2.24, 2.45) is 17.8 Å². The molecular weight excluding hydrogens is 380 g/mol. The number of anilines is 1. The van der Waals surface area contributed by atoms with Gasteiger partial charge in [-0.1, -0.05) is 12.8 Å². The minimum Gasteiger partial charge on any atom is -0.390 e. The molecule has 6 fully saturated rings. The summed E-state index contributed by atoms with van der Waals surface area (Å²) in [5, 5.41) is 17.5. The fourth-order valence-corrected chi connectivity index (χ4v) is 7.10. The van der Waals surface area contributed by atoms with Crippen molar-refractivity contribution in [3.05, 3.63) is 17.5 Å². The molecule has 6 aliphatic rings. The highest BCUT2D eigenvalue weighted by atomic mass is 16.5. The van der Waals surface area contributed by atoms with E-state index in [1.54, 1.807) is 6.20 Å². The van der Waals surface area contributed by atoms with Gasteiger partial charge < -0.3 is 20.5 Å². The van der Waals surface area contributed by atoms with Crippen molar-refractivity contribution in [3.63, 3.8) is 0 Å². The largest absolute Gasteiger partial charge is 0.390 e. The summed E-state index contributed by atoms with van der Waals surface area (Å²) in [5.74, 6) is 2.37. The first kappa shape index (κ1) is 19.0. The van der Waals surface area contributed by atoms with E-state index < -0.39 is 5.60 Å². The molecule has 7 heteroatoms. The van der Waals surface area contributed by atoms with Crippen LogP contribution in [0.1, 0.15) is 79.8 Å². The third kappa shape index (κ3) is 3.30. The summed E-state index contributed by atoms with van der Waals surface area (Å²) >= 11 is 0. The van der Waals surface area contributed by atoms with Crippen LogP contribution < -0.4 is 10.6 Å². The quantitative estimate of drug-likeness (QED) is 0.688. The molecule has 7 nitrogen and oxygen atoms in total. The summed E-state index contributed by atoms with van der Waals surface area (Å²) in [6.07, 6.45) is 11.2. The number of rotatable bonds is 5. The number of aromatic nitrogens is 2.